The molecule has 0 atom stereocenters. The first-order chi connectivity index (χ1) is 17.1. The highest BCUT2D eigenvalue weighted by molar-refractivity contribution is 5.76. The minimum atomic E-state index is -0.443. The van der Waals surface area contributed by atoms with E-state index in [9.17, 15) is 14.4 Å². The zero-order valence-corrected chi connectivity index (χ0v) is 22.4. The molecule has 0 unspecified atom stereocenters. The third-order valence-corrected chi connectivity index (χ3v) is 6.13. The van der Waals surface area contributed by atoms with E-state index in [0.717, 1.165) is 29.7 Å². The van der Waals surface area contributed by atoms with Crippen LogP contribution in [0.25, 0.3) is 11.2 Å². The Bertz CT molecular complexity index is 1300. The summed E-state index contributed by atoms with van der Waals surface area (Å²) >= 11 is 0. The molecule has 196 valence electrons. The van der Waals surface area contributed by atoms with Gasteiger partial charge in [0.2, 0.25) is 5.91 Å². The van der Waals surface area contributed by atoms with Crippen LogP contribution in [0.1, 0.15) is 57.0 Å². The highest BCUT2D eigenvalue weighted by Gasteiger charge is 2.20. The number of hydrogen-bond acceptors (Lipinski definition) is 5. The fourth-order valence-electron chi connectivity index (χ4n) is 4.34. The van der Waals surface area contributed by atoms with Crippen LogP contribution in [-0.2, 0) is 24.3 Å². The Hall–Kier alpha value is -3.36. The number of likely N-dealkylation sites (N-methyl/N-ethyl adjacent to an activating group) is 1. The number of aromatic amines is 1. The number of nitrogens with zero attached hydrogens (tertiary/aromatic N) is 4. The van der Waals surface area contributed by atoms with Crippen molar-refractivity contribution >= 4 is 17.1 Å². The molecule has 0 fully saturated rings. The van der Waals surface area contributed by atoms with E-state index < -0.39 is 11.2 Å². The van der Waals surface area contributed by atoms with Gasteiger partial charge in [-0.3, -0.25) is 19.1 Å². The van der Waals surface area contributed by atoms with Crippen LogP contribution in [0.2, 0.25) is 0 Å². The van der Waals surface area contributed by atoms with Gasteiger partial charge < -0.3 is 14.2 Å². The van der Waals surface area contributed by atoms with E-state index in [1.54, 1.807) is 16.5 Å². The summed E-state index contributed by atoms with van der Waals surface area (Å²) in [5, 5.41) is 0. The maximum atomic E-state index is 12.9. The average Bonchev–Trinajstić information content (AvgIpc) is 3.14. The van der Waals surface area contributed by atoms with Crippen LogP contribution < -0.4 is 16.0 Å². The molecule has 9 heteroatoms. The first-order valence-corrected chi connectivity index (χ1v) is 12.8. The number of carbonyl (C=O) groups is 1. The summed E-state index contributed by atoms with van der Waals surface area (Å²) in [5.74, 6) is 1.68. The Morgan fingerprint density at radius 1 is 1.14 bits per heavy atom. The number of amides is 1. The molecule has 1 aromatic carbocycles. The van der Waals surface area contributed by atoms with Crippen molar-refractivity contribution in [3.05, 3.63) is 56.0 Å². The molecular formula is C27H39N5O4. The van der Waals surface area contributed by atoms with Gasteiger partial charge in [-0.15, -0.1) is 0 Å². The predicted molar refractivity (Wildman–Crippen MR) is 142 cm³/mol. The Kier molecular flexibility index (Phi) is 9.12. The molecule has 2 heterocycles. The highest BCUT2D eigenvalue weighted by Crippen LogP contribution is 2.17. The van der Waals surface area contributed by atoms with Gasteiger partial charge in [0.15, 0.2) is 11.2 Å². The number of ether oxygens (including phenoxy) is 1. The van der Waals surface area contributed by atoms with Crippen LogP contribution in [0.4, 0.5) is 0 Å². The number of imidazole rings is 1. The first-order valence-electron chi connectivity index (χ1n) is 12.8. The molecule has 2 aromatic heterocycles. The fourth-order valence-corrected chi connectivity index (χ4v) is 4.34. The molecule has 1 N–H and O–H groups in total. The first kappa shape index (κ1) is 27.2. The summed E-state index contributed by atoms with van der Waals surface area (Å²) in [5.41, 5.74) is 2.19. The molecule has 36 heavy (non-hydrogen) atoms. The fraction of sp³-hybridized carbons (Fsp3) is 0.556. The Labute approximate surface area is 212 Å². The second-order valence-electron chi connectivity index (χ2n) is 9.96. The minimum Gasteiger partial charge on any atom is -0.492 e. The topological polar surface area (TPSA) is 102 Å². The van der Waals surface area contributed by atoms with Gasteiger partial charge in [0.05, 0.1) is 6.54 Å². The molecule has 0 aliphatic heterocycles. The molecule has 1 amide bonds. The Balaban J connectivity index is 1.73. The van der Waals surface area contributed by atoms with Crippen LogP contribution in [0, 0.1) is 19.8 Å². The molecule has 3 aromatic rings. The second-order valence-corrected chi connectivity index (χ2v) is 9.96. The van der Waals surface area contributed by atoms with Crippen LogP contribution >= 0.6 is 0 Å². The number of rotatable bonds is 12. The summed E-state index contributed by atoms with van der Waals surface area (Å²) in [6.07, 6.45) is 2.35. The molecule has 0 saturated carbocycles. The maximum Gasteiger partial charge on any atom is 0.330 e. The number of nitrogens with one attached hydrogen (secondary N) is 1. The summed E-state index contributed by atoms with van der Waals surface area (Å²) in [7, 11) is 1.76. The molecular weight excluding hydrogens is 458 g/mol. The molecule has 0 aliphatic rings. The second kappa shape index (κ2) is 12.1. The zero-order chi connectivity index (χ0) is 26.4. The third-order valence-electron chi connectivity index (χ3n) is 6.13. The van der Waals surface area contributed by atoms with E-state index in [4.69, 9.17) is 9.72 Å². The minimum absolute atomic E-state index is 0.0283. The van der Waals surface area contributed by atoms with Gasteiger partial charge in [-0.1, -0.05) is 33.3 Å². The highest BCUT2D eigenvalue weighted by atomic mass is 16.5. The van der Waals surface area contributed by atoms with Crippen molar-refractivity contribution in [3.63, 3.8) is 0 Å². The number of H-pyrrole nitrogens is 1. The molecule has 0 spiro atoms. The lowest BCUT2D eigenvalue weighted by Gasteiger charge is -2.18. The molecule has 0 saturated heterocycles. The van der Waals surface area contributed by atoms with Gasteiger partial charge in [0, 0.05) is 33.0 Å². The lowest BCUT2D eigenvalue weighted by Crippen LogP contribution is -2.31. The monoisotopic (exact) mass is 497 g/mol. The van der Waals surface area contributed by atoms with E-state index in [0.29, 0.717) is 49.7 Å². The van der Waals surface area contributed by atoms with Crippen molar-refractivity contribution in [2.75, 3.05) is 20.2 Å². The number of unbranched alkanes of at least 4 members (excludes halogenated alkanes) is 1. The average molecular weight is 498 g/mol. The largest absolute Gasteiger partial charge is 0.492 e. The van der Waals surface area contributed by atoms with E-state index in [1.807, 2.05) is 37.5 Å². The SMILES string of the molecule is CCCCn1c(=O)[nH]c(=O)c2c1nc(CCC(=O)N(C)CCOc1cc(C)cc(C)c1)n2CC(C)C. The Morgan fingerprint density at radius 2 is 1.83 bits per heavy atom. The van der Waals surface area contributed by atoms with Crippen molar-refractivity contribution in [3.8, 4) is 5.75 Å². The van der Waals surface area contributed by atoms with E-state index in [2.05, 4.69) is 24.9 Å². The number of hydrogen-bond donors (Lipinski definition) is 1. The van der Waals surface area contributed by atoms with Gasteiger partial charge in [-0.05, 0) is 49.4 Å². The number of carbonyl (C=O) groups excluding carboxylic acids is 1. The smallest absolute Gasteiger partial charge is 0.330 e. The molecule has 3 rings (SSSR count). The molecule has 0 radical (unpaired) electrons. The standard InChI is InChI=1S/C27H39N5O4/c1-7-8-11-31-25-24(26(34)29-27(31)35)32(17-18(2)3)22(28-25)9-10-23(33)30(6)12-13-36-21-15-19(4)14-20(5)16-21/h14-16,18H,7-13,17H2,1-6H3,(H,29,34,35). The quantitative estimate of drug-likeness (QED) is 0.413. The van der Waals surface area contributed by atoms with Crippen molar-refractivity contribution in [1.82, 2.24) is 24.0 Å². The number of aryl methyl sites for hydroxylation is 4. The van der Waals surface area contributed by atoms with Crippen LogP contribution in [0.3, 0.4) is 0 Å². The van der Waals surface area contributed by atoms with E-state index in [-0.39, 0.29) is 18.2 Å². The van der Waals surface area contributed by atoms with E-state index in [1.165, 1.54) is 0 Å². The predicted octanol–water partition coefficient (Wildman–Crippen LogP) is 3.43. The number of fused-ring (bicyclic) bond motifs is 1. The van der Waals surface area contributed by atoms with Crippen molar-refractivity contribution in [1.29, 1.82) is 0 Å². The van der Waals surface area contributed by atoms with Gasteiger partial charge in [0.1, 0.15) is 18.2 Å². The van der Waals surface area contributed by atoms with Crippen molar-refractivity contribution in [2.24, 2.45) is 5.92 Å². The maximum absolute atomic E-state index is 12.9. The van der Waals surface area contributed by atoms with Crippen molar-refractivity contribution in [2.45, 2.75) is 73.4 Å². The van der Waals surface area contributed by atoms with Gasteiger partial charge in [-0.25, -0.2) is 9.78 Å². The van der Waals surface area contributed by atoms with Gasteiger partial charge >= 0.3 is 5.69 Å². The number of benzene rings is 1. The van der Waals surface area contributed by atoms with Crippen LogP contribution in [-0.4, -0.2) is 50.1 Å². The Morgan fingerprint density at radius 3 is 2.47 bits per heavy atom. The lowest BCUT2D eigenvalue weighted by molar-refractivity contribution is -0.130. The summed E-state index contributed by atoms with van der Waals surface area (Å²) < 4.78 is 9.26. The number of aromatic nitrogens is 4. The molecule has 9 nitrogen and oxygen atoms in total. The lowest BCUT2D eigenvalue weighted by atomic mass is 10.1. The summed E-state index contributed by atoms with van der Waals surface area (Å²) in [4.78, 5) is 46.9. The van der Waals surface area contributed by atoms with Crippen LogP contribution in [0.5, 0.6) is 5.75 Å². The summed E-state index contributed by atoms with van der Waals surface area (Å²) in [6, 6.07) is 6.05. The summed E-state index contributed by atoms with van der Waals surface area (Å²) in [6.45, 7) is 12.2. The normalized spacial score (nSPS) is 11.4. The van der Waals surface area contributed by atoms with Crippen molar-refractivity contribution < 1.29 is 9.53 Å². The molecule has 0 bridgehead atoms. The zero-order valence-electron chi connectivity index (χ0n) is 22.4. The van der Waals surface area contributed by atoms with Crippen LogP contribution in [0.15, 0.2) is 27.8 Å². The van der Waals surface area contributed by atoms with Gasteiger partial charge in [-0.2, -0.15) is 0 Å². The van der Waals surface area contributed by atoms with E-state index >= 15 is 0 Å². The molecule has 0 aliphatic carbocycles. The third kappa shape index (κ3) is 6.65. The van der Waals surface area contributed by atoms with Gasteiger partial charge in [0.25, 0.3) is 5.56 Å².